The van der Waals surface area contributed by atoms with Gasteiger partial charge in [0, 0.05) is 11.9 Å². The van der Waals surface area contributed by atoms with E-state index in [1.807, 2.05) is 48.5 Å². The SMILES string of the molecule is Cc1ccc(NC(N)=NCc2cccc(OCc3ccccn3)c2)cc1C.I. The van der Waals surface area contributed by atoms with Crippen molar-refractivity contribution >= 4 is 35.6 Å². The molecule has 2 aromatic carbocycles. The second kappa shape index (κ2) is 10.7. The van der Waals surface area contributed by atoms with E-state index in [4.69, 9.17) is 10.5 Å². The van der Waals surface area contributed by atoms with Crippen molar-refractivity contribution in [3.63, 3.8) is 0 Å². The third-order valence-corrected chi connectivity index (χ3v) is 4.22. The smallest absolute Gasteiger partial charge is 0.193 e. The topological polar surface area (TPSA) is 72.5 Å². The number of hydrogen-bond donors (Lipinski definition) is 2. The zero-order valence-corrected chi connectivity index (χ0v) is 18.4. The van der Waals surface area contributed by atoms with Crippen LogP contribution < -0.4 is 15.8 Å². The van der Waals surface area contributed by atoms with Gasteiger partial charge < -0.3 is 15.8 Å². The number of halogens is 1. The van der Waals surface area contributed by atoms with Crippen molar-refractivity contribution in [3.05, 3.63) is 89.2 Å². The van der Waals surface area contributed by atoms with Crippen LogP contribution in [0.5, 0.6) is 5.75 Å². The van der Waals surface area contributed by atoms with Crippen LogP contribution in [0.3, 0.4) is 0 Å². The number of nitrogens with zero attached hydrogens (tertiary/aromatic N) is 2. The summed E-state index contributed by atoms with van der Waals surface area (Å²) in [5.74, 6) is 1.17. The molecular weight excluding hydrogens is 463 g/mol. The quantitative estimate of drug-likeness (QED) is 0.297. The van der Waals surface area contributed by atoms with Crippen LogP contribution >= 0.6 is 24.0 Å². The molecule has 0 atom stereocenters. The number of hydrogen-bond acceptors (Lipinski definition) is 3. The number of pyridine rings is 1. The first-order valence-electron chi connectivity index (χ1n) is 8.86. The van der Waals surface area contributed by atoms with E-state index < -0.39 is 0 Å². The van der Waals surface area contributed by atoms with E-state index >= 15 is 0 Å². The highest BCUT2D eigenvalue weighted by Gasteiger charge is 2.01. The van der Waals surface area contributed by atoms with E-state index in [0.717, 1.165) is 22.7 Å². The highest BCUT2D eigenvalue weighted by Crippen LogP contribution is 2.16. The molecule has 0 amide bonds. The van der Waals surface area contributed by atoms with Crippen LogP contribution in [0.15, 0.2) is 71.9 Å². The summed E-state index contributed by atoms with van der Waals surface area (Å²) < 4.78 is 5.80. The molecule has 1 heterocycles. The van der Waals surface area contributed by atoms with E-state index in [0.29, 0.717) is 19.1 Å². The van der Waals surface area contributed by atoms with Crippen LogP contribution in [-0.4, -0.2) is 10.9 Å². The summed E-state index contributed by atoms with van der Waals surface area (Å²) >= 11 is 0. The number of nitrogens with two attached hydrogens (primary N) is 1. The monoisotopic (exact) mass is 488 g/mol. The summed E-state index contributed by atoms with van der Waals surface area (Å²) in [6.07, 6.45) is 1.76. The molecule has 0 unspecified atom stereocenters. The Hall–Kier alpha value is -2.61. The molecule has 0 saturated carbocycles. The molecule has 0 fully saturated rings. The van der Waals surface area contributed by atoms with E-state index in [2.05, 4.69) is 41.3 Å². The maximum Gasteiger partial charge on any atom is 0.193 e. The van der Waals surface area contributed by atoms with E-state index in [-0.39, 0.29) is 24.0 Å². The predicted molar refractivity (Wildman–Crippen MR) is 125 cm³/mol. The molecule has 0 aliphatic heterocycles. The second-order valence-corrected chi connectivity index (χ2v) is 6.38. The Labute approximate surface area is 183 Å². The number of nitrogens with one attached hydrogen (secondary N) is 1. The van der Waals surface area contributed by atoms with Gasteiger partial charge in [-0.15, -0.1) is 24.0 Å². The number of anilines is 1. The van der Waals surface area contributed by atoms with Crippen LogP contribution in [0.2, 0.25) is 0 Å². The molecule has 28 heavy (non-hydrogen) atoms. The highest BCUT2D eigenvalue weighted by molar-refractivity contribution is 14.0. The fourth-order valence-electron chi connectivity index (χ4n) is 2.56. The summed E-state index contributed by atoms with van der Waals surface area (Å²) in [6, 6.07) is 19.7. The molecule has 3 aromatic rings. The fraction of sp³-hybridized carbons (Fsp3) is 0.182. The Kier molecular flexibility index (Phi) is 8.25. The van der Waals surface area contributed by atoms with Crippen molar-refractivity contribution in [2.75, 3.05) is 5.32 Å². The summed E-state index contributed by atoms with van der Waals surface area (Å²) in [4.78, 5) is 8.67. The number of aryl methyl sites for hydroxylation is 2. The highest BCUT2D eigenvalue weighted by atomic mass is 127. The lowest BCUT2D eigenvalue weighted by Crippen LogP contribution is -2.22. The predicted octanol–water partition coefficient (Wildman–Crippen LogP) is 4.82. The van der Waals surface area contributed by atoms with Crippen molar-refractivity contribution in [3.8, 4) is 5.75 Å². The zero-order chi connectivity index (χ0) is 19.1. The lowest BCUT2D eigenvalue weighted by Gasteiger charge is -2.09. The minimum Gasteiger partial charge on any atom is -0.487 e. The zero-order valence-electron chi connectivity index (χ0n) is 16.1. The summed E-state index contributed by atoms with van der Waals surface area (Å²) in [7, 11) is 0. The van der Waals surface area contributed by atoms with Crippen LogP contribution in [0.25, 0.3) is 0 Å². The Bertz CT molecular complexity index is 929. The summed E-state index contributed by atoms with van der Waals surface area (Å²) in [5, 5.41) is 3.13. The molecule has 146 valence electrons. The van der Waals surface area contributed by atoms with Crippen molar-refractivity contribution in [1.29, 1.82) is 0 Å². The largest absolute Gasteiger partial charge is 0.487 e. The van der Waals surface area contributed by atoms with Gasteiger partial charge in [0.1, 0.15) is 12.4 Å². The van der Waals surface area contributed by atoms with Gasteiger partial charge in [-0.25, -0.2) is 4.99 Å². The van der Waals surface area contributed by atoms with Gasteiger partial charge in [0.15, 0.2) is 5.96 Å². The van der Waals surface area contributed by atoms with Crippen molar-refractivity contribution in [2.24, 2.45) is 10.7 Å². The van der Waals surface area contributed by atoms with Gasteiger partial charge >= 0.3 is 0 Å². The van der Waals surface area contributed by atoms with Gasteiger partial charge in [0.2, 0.25) is 0 Å². The molecule has 3 rings (SSSR count). The molecule has 6 heteroatoms. The third-order valence-electron chi connectivity index (χ3n) is 4.22. The first-order chi connectivity index (χ1) is 13.1. The van der Waals surface area contributed by atoms with Gasteiger partial charge in [-0.1, -0.05) is 24.3 Å². The first kappa shape index (κ1) is 21.7. The summed E-state index contributed by atoms with van der Waals surface area (Å²) in [6.45, 7) is 5.07. The number of aromatic nitrogens is 1. The van der Waals surface area contributed by atoms with Gasteiger partial charge in [0.05, 0.1) is 12.2 Å². The van der Waals surface area contributed by atoms with Crippen molar-refractivity contribution in [1.82, 2.24) is 4.98 Å². The molecule has 1 aromatic heterocycles. The molecule has 0 spiro atoms. The number of ether oxygens (including phenoxy) is 1. The molecule has 0 aliphatic rings. The van der Waals surface area contributed by atoms with Gasteiger partial charge in [0.25, 0.3) is 0 Å². The van der Waals surface area contributed by atoms with Gasteiger partial charge in [-0.2, -0.15) is 0 Å². The lowest BCUT2D eigenvalue weighted by atomic mass is 10.1. The van der Waals surface area contributed by atoms with Crippen LogP contribution in [-0.2, 0) is 13.2 Å². The molecule has 0 bridgehead atoms. The maximum absolute atomic E-state index is 6.01. The number of aliphatic imine (C=N–C) groups is 1. The molecule has 5 nitrogen and oxygen atoms in total. The molecular formula is C22H25IN4O. The van der Waals surface area contributed by atoms with Crippen LogP contribution in [0.4, 0.5) is 5.69 Å². The fourth-order valence-corrected chi connectivity index (χ4v) is 2.56. The first-order valence-corrected chi connectivity index (χ1v) is 8.86. The van der Waals surface area contributed by atoms with Crippen molar-refractivity contribution in [2.45, 2.75) is 27.0 Å². The Morgan fingerprint density at radius 1 is 1.04 bits per heavy atom. The average Bonchev–Trinajstić information content (AvgIpc) is 2.69. The average molecular weight is 488 g/mol. The standard InChI is InChI=1S/C22H24N4O.HI/c1-16-9-10-19(12-17(16)2)26-22(23)25-14-18-6-5-8-21(13-18)27-15-20-7-3-4-11-24-20;/h3-13H,14-15H2,1-2H3,(H3,23,25,26);1H. The number of rotatable bonds is 6. The van der Waals surface area contributed by atoms with Crippen molar-refractivity contribution < 1.29 is 4.74 Å². The minimum atomic E-state index is 0. The maximum atomic E-state index is 6.01. The molecule has 0 radical (unpaired) electrons. The summed E-state index contributed by atoms with van der Waals surface area (Å²) in [5.41, 5.74) is 11.3. The van der Waals surface area contributed by atoms with Gasteiger partial charge in [-0.05, 0) is 66.9 Å². The Morgan fingerprint density at radius 2 is 1.89 bits per heavy atom. The van der Waals surface area contributed by atoms with E-state index in [1.165, 1.54) is 11.1 Å². The lowest BCUT2D eigenvalue weighted by molar-refractivity contribution is 0.301. The molecule has 0 aliphatic carbocycles. The number of benzene rings is 2. The third kappa shape index (κ3) is 6.53. The second-order valence-electron chi connectivity index (χ2n) is 6.38. The van der Waals surface area contributed by atoms with Gasteiger partial charge in [-0.3, -0.25) is 4.98 Å². The molecule has 0 saturated heterocycles. The number of guanidine groups is 1. The molecule has 3 N–H and O–H groups in total. The normalized spacial score (nSPS) is 10.9. The Morgan fingerprint density at radius 3 is 2.64 bits per heavy atom. The Balaban J connectivity index is 0.00000280. The minimum absolute atomic E-state index is 0. The van der Waals surface area contributed by atoms with E-state index in [9.17, 15) is 0 Å². The van der Waals surface area contributed by atoms with E-state index in [1.54, 1.807) is 6.20 Å². The van der Waals surface area contributed by atoms with Crippen LogP contribution in [0.1, 0.15) is 22.4 Å². The van der Waals surface area contributed by atoms with Crippen LogP contribution in [0, 0.1) is 13.8 Å².